The summed E-state index contributed by atoms with van der Waals surface area (Å²) in [5, 5.41) is 20.3. The first kappa shape index (κ1) is 19.2. The quantitative estimate of drug-likeness (QED) is 0.542. The zero-order valence-corrected chi connectivity index (χ0v) is 17.7. The number of nitrogens with zero attached hydrogens (tertiary/aromatic N) is 7. The molecule has 2 atom stereocenters. The van der Waals surface area contributed by atoms with E-state index in [-0.39, 0.29) is 0 Å². The second-order valence-corrected chi connectivity index (χ2v) is 7.82. The van der Waals surface area contributed by atoms with E-state index in [1.807, 2.05) is 37.7 Å². The summed E-state index contributed by atoms with van der Waals surface area (Å²) in [5.74, 6) is 1.92. The molecule has 4 aromatic rings. The normalized spacial score (nSPS) is 17.7. The minimum absolute atomic E-state index is 0.336. The van der Waals surface area contributed by atoms with Crippen molar-refractivity contribution in [3.8, 4) is 11.4 Å². The second-order valence-electron chi connectivity index (χ2n) is 7.82. The number of aromatic nitrogens is 7. The molecule has 0 aromatic carbocycles. The van der Waals surface area contributed by atoms with E-state index in [1.165, 1.54) is 7.11 Å². The van der Waals surface area contributed by atoms with Crippen LogP contribution in [0.15, 0.2) is 30.5 Å². The Hall–Kier alpha value is -3.82. The largest absolute Gasteiger partial charge is 0.453 e. The molecule has 10 heteroatoms. The molecule has 31 heavy (non-hydrogen) atoms. The fourth-order valence-electron chi connectivity index (χ4n) is 3.91. The number of nitrogens with one attached hydrogen (secondary N) is 1. The Kier molecular flexibility index (Phi) is 4.42. The number of methoxy groups -OCH3 is 1. The summed E-state index contributed by atoms with van der Waals surface area (Å²) < 4.78 is 8.23. The van der Waals surface area contributed by atoms with Gasteiger partial charge >= 0.3 is 6.09 Å². The lowest BCUT2D eigenvalue weighted by Crippen LogP contribution is -2.11. The van der Waals surface area contributed by atoms with Crippen LogP contribution >= 0.6 is 0 Å². The topological polar surface area (TPSA) is 112 Å². The Labute approximate surface area is 178 Å². The van der Waals surface area contributed by atoms with Crippen LogP contribution < -0.4 is 5.32 Å². The van der Waals surface area contributed by atoms with Crippen molar-refractivity contribution in [1.82, 2.24) is 34.6 Å². The molecule has 10 nitrogen and oxygen atoms in total. The first-order valence-electron chi connectivity index (χ1n) is 9.99. The van der Waals surface area contributed by atoms with Gasteiger partial charge in [-0.3, -0.25) is 10.00 Å². The number of anilines is 1. The van der Waals surface area contributed by atoms with Gasteiger partial charge in [0.15, 0.2) is 11.5 Å². The van der Waals surface area contributed by atoms with E-state index in [0.29, 0.717) is 17.7 Å². The van der Waals surface area contributed by atoms with Crippen molar-refractivity contribution in [1.29, 1.82) is 0 Å². The highest BCUT2D eigenvalue weighted by atomic mass is 16.5. The van der Waals surface area contributed by atoms with Gasteiger partial charge in [0.25, 0.3) is 0 Å². The number of ether oxygens (including phenoxy) is 1. The molecule has 4 aromatic heterocycles. The van der Waals surface area contributed by atoms with Crippen molar-refractivity contribution in [2.75, 3.05) is 12.4 Å². The van der Waals surface area contributed by atoms with Gasteiger partial charge in [0.2, 0.25) is 0 Å². The highest BCUT2D eigenvalue weighted by molar-refractivity contribution is 5.83. The smallest absolute Gasteiger partial charge is 0.412 e. The highest BCUT2D eigenvalue weighted by Gasteiger charge is 2.41. The van der Waals surface area contributed by atoms with E-state index in [0.717, 1.165) is 46.1 Å². The highest BCUT2D eigenvalue weighted by Crippen LogP contribution is 2.54. The van der Waals surface area contributed by atoms with Crippen molar-refractivity contribution < 1.29 is 9.53 Å². The van der Waals surface area contributed by atoms with Gasteiger partial charge in [0, 0.05) is 19.2 Å². The van der Waals surface area contributed by atoms with Crippen LogP contribution in [-0.2, 0) is 11.8 Å². The third-order valence-electron chi connectivity index (χ3n) is 5.67. The maximum atomic E-state index is 11.3. The molecular formula is C21H22N8O2. The monoisotopic (exact) mass is 418 g/mol. The molecule has 0 spiro atoms. The summed E-state index contributed by atoms with van der Waals surface area (Å²) in [6.45, 7) is 3.90. The SMILES string of the molecule is COC(=O)Nc1ccc(C2CC2c2cc(-c3cc(C)c4nnc(C)n4n3)n(C)n2)cn1. The van der Waals surface area contributed by atoms with Crippen molar-refractivity contribution in [2.45, 2.75) is 32.1 Å². The van der Waals surface area contributed by atoms with Gasteiger partial charge in [-0.15, -0.1) is 10.2 Å². The first-order valence-corrected chi connectivity index (χ1v) is 9.99. The average Bonchev–Trinajstić information content (AvgIpc) is 3.34. The van der Waals surface area contributed by atoms with Gasteiger partial charge < -0.3 is 4.74 Å². The lowest BCUT2D eigenvalue weighted by molar-refractivity contribution is 0.187. The minimum Gasteiger partial charge on any atom is -0.453 e. The van der Waals surface area contributed by atoms with Crippen LogP contribution in [0.25, 0.3) is 17.0 Å². The van der Waals surface area contributed by atoms with Crippen LogP contribution in [0.3, 0.4) is 0 Å². The van der Waals surface area contributed by atoms with Crippen LogP contribution in [0.4, 0.5) is 10.6 Å². The number of amides is 1. The second kappa shape index (κ2) is 7.15. The molecule has 1 N–H and O–H groups in total. The molecule has 0 bridgehead atoms. The number of pyridine rings is 1. The predicted molar refractivity (Wildman–Crippen MR) is 113 cm³/mol. The van der Waals surface area contributed by atoms with Crippen molar-refractivity contribution >= 4 is 17.6 Å². The molecular weight excluding hydrogens is 396 g/mol. The molecule has 0 radical (unpaired) electrons. The first-order chi connectivity index (χ1) is 14.9. The van der Waals surface area contributed by atoms with Crippen LogP contribution in [0.5, 0.6) is 0 Å². The van der Waals surface area contributed by atoms with Crippen LogP contribution in [0.1, 0.15) is 40.9 Å². The summed E-state index contributed by atoms with van der Waals surface area (Å²) in [6, 6.07) is 7.90. The Morgan fingerprint density at radius 1 is 1.16 bits per heavy atom. The average molecular weight is 418 g/mol. The number of rotatable bonds is 4. The van der Waals surface area contributed by atoms with Gasteiger partial charge in [-0.25, -0.2) is 9.78 Å². The number of hydrogen-bond acceptors (Lipinski definition) is 7. The van der Waals surface area contributed by atoms with Crippen molar-refractivity contribution in [3.05, 3.63) is 53.1 Å². The van der Waals surface area contributed by atoms with E-state index in [4.69, 9.17) is 10.2 Å². The van der Waals surface area contributed by atoms with Crippen LogP contribution in [0, 0.1) is 13.8 Å². The van der Waals surface area contributed by atoms with E-state index >= 15 is 0 Å². The molecule has 0 saturated heterocycles. The van der Waals surface area contributed by atoms with Crippen LogP contribution in [0.2, 0.25) is 0 Å². The van der Waals surface area contributed by atoms with Crippen molar-refractivity contribution in [3.63, 3.8) is 0 Å². The summed E-state index contributed by atoms with van der Waals surface area (Å²) >= 11 is 0. The maximum absolute atomic E-state index is 11.3. The molecule has 1 amide bonds. The summed E-state index contributed by atoms with van der Waals surface area (Å²) in [5.41, 5.74) is 5.75. The third-order valence-corrected chi connectivity index (χ3v) is 5.67. The van der Waals surface area contributed by atoms with Crippen LogP contribution in [-0.4, -0.2) is 47.8 Å². The van der Waals surface area contributed by atoms with Gasteiger partial charge in [0.1, 0.15) is 11.5 Å². The molecule has 1 aliphatic rings. The Bertz CT molecular complexity index is 1290. The molecule has 1 aliphatic carbocycles. The number of hydrogen-bond donors (Lipinski definition) is 1. The summed E-state index contributed by atoms with van der Waals surface area (Å²) in [4.78, 5) is 15.6. The zero-order valence-electron chi connectivity index (χ0n) is 17.7. The number of carbonyl (C=O) groups is 1. The molecule has 5 rings (SSSR count). The lowest BCUT2D eigenvalue weighted by Gasteiger charge is -2.04. The molecule has 2 unspecified atom stereocenters. The predicted octanol–water partition coefficient (Wildman–Crippen LogP) is 2.99. The summed E-state index contributed by atoms with van der Waals surface area (Å²) in [6.07, 6.45) is 2.28. The zero-order chi connectivity index (χ0) is 21.7. The Balaban J connectivity index is 1.37. The van der Waals surface area contributed by atoms with E-state index < -0.39 is 6.09 Å². The fourth-order valence-corrected chi connectivity index (χ4v) is 3.91. The molecule has 1 saturated carbocycles. The van der Waals surface area contributed by atoms with Crippen molar-refractivity contribution in [2.24, 2.45) is 7.05 Å². The molecule has 158 valence electrons. The van der Waals surface area contributed by atoms with Gasteiger partial charge in [-0.2, -0.15) is 14.7 Å². The Morgan fingerprint density at radius 3 is 2.74 bits per heavy atom. The third kappa shape index (κ3) is 3.39. The van der Waals surface area contributed by atoms with Gasteiger partial charge in [0.05, 0.1) is 18.5 Å². The molecule has 1 fully saturated rings. The van der Waals surface area contributed by atoms with E-state index in [9.17, 15) is 4.79 Å². The van der Waals surface area contributed by atoms with E-state index in [2.05, 4.69) is 31.3 Å². The number of aryl methyl sites for hydroxylation is 3. The lowest BCUT2D eigenvalue weighted by atomic mass is 10.1. The minimum atomic E-state index is -0.533. The molecule has 0 aliphatic heterocycles. The fraction of sp³-hybridized carbons (Fsp3) is 0.333. The van der Waals surface area contributed by atoms with Gasteiger partial charge in [-0.05, 0) is 55.5 Å². The maximum Gasteiger partial charge on any atom is 0.412 e. The Morgan fingerprint density at radius 2 is 2.00 bits per heavy atom. The van der Waals surface area contributed by atoms with Gasteiger partial charge in [-0.1, -0.05) is 6.07 Å². The summed E-state index contributed by atoms with van der Waals surface area (Å²) in [7, 11) is 3.26. The molecule has 4 heterocycles. The number of carbonyl (C=O) groups excluding carboxylic acids is 1. The standard InChI is InChI=1S/C21H22N8O2/c1-11-7-17(27-29-12(2)24-25-20(11)29)18-9-16(26-28(18)3)15-8-14(15)13-5-6-19(22-10-13)23-21(30)31-4/h5-7,9-10,14-15H,8H2,1-4H3,(H,22,23,30). The van der Waals surface area contributed by atoms with E-state index in [1.54, 1.807) is 16.8 Å². The number of fused-ring (bicyclic) bond motifs is 1.